The standard InChI is InChI=1S/C11H6BrF6N3O.C4H2Br2F3N3/c12-8-19-9(21(20-8)5-10(13,14)15)22-7-3-1-2-6(4-7)11(16,17)18;5-2-10-3(6)12(11-2)1-4(7,8)9/h1-4H,5H2;1H2. The molecule has 3 aromatic rings. The maximum atomic E-state index is 12.6. The molecular weight excluding hydrogens is 691 g/mol. The van der Waals surface area contributed by atoms with E-state index in [0.29, 0.717) is 15.4 Å². The molecule has 19 heteroatoms. The lowest BCUT2D eigenvalue weighted by Crippen LogP contribution is -2.19. The predicted molar refractivity (Wildman–Crippen MR) is 107 cm³/mol. The predicted octanol–water partition coefficient (Wildman–Crippen LogP) is 6.78. The Balaban J connectivity index is 0.000000287. The molecule has 0 fully saturated rings. The van der Waals surface area contributed by atoms with Crippen molar-refractivity contribution in [3.63, 3.8) is 0 Å². The number of benzene rings is 1. The van der Waals surface area contributed by atoms with Crippen LogP contribution in [0.3, 0.4) is 0 Å². The van der Waals surface area contributed by atoms with E-state index in [-0.39, 0.29) is 20.0 Å². The second-order valence-electron chi connectivity index (χ2n) is 5.99. The fraction of sp³-hybridized carbons (Fsp3) is 0.333. The van der Waals surface area contributed by atoms with Gasteiger partial charge in [0.25, 0.3) is 0 Å². The van der Waals surface area contributed by atoms with Crippen LogP contribution in [-0.4, -0.2) is 41.9 Å². The molecule has 0 atom stereocenters. The first-order valence-corrected chi connectivity index (χ1v) is 10.7. The summed E-state index contributed by atoms with van der Waals surface area (Å²) in [4.78, 5) is 7.13. The first-order valence-electron chi connectivity index (χ1n) is 8.28. The minimum atomic E-state index is -4.60. The molecule has 3 rings (SSSR count). The minimum Gasteiger partial charge on any atom is -0.424 e. The molecule has 0 aliphatic heterocycles. The summed E-state index contributed by atoms with van der Waals surface area (Å²) in [6.07, 6.45) is -13.5. The van der Waals surface area contributed by atoms with Crippen molar-refractivity contribution in [3.05, 3.63) is 44.0 Å². The van der Waals surface area contributed by atoms with Crippen LogP contribution in [0.5, 0.6) is 11.8 Å². The average molecular weight is 699 g/mol. The van der Waals surface area contributed by atoms with Crippen LogP contribution in [0.25, 0.3) is 0 Å². The third kappa shape index (κ3) is 9.40. The van der Waals surface area contributed by atoms with Crippen LogP contribution in [-0.2, 0) is 19.3 Å². The number of rotatable bonds is 4. The number of halogens is 12. The Kier molecular flexibility index (Phi) is 9.00. The van der Waals surface area contributed by atoms with E-state index in [0.717, 1.165) is 18.2 Å². The molecule has 7 nitrogen and oxygen atoms in total. The highest BCUT2D eigenvalue weighted by Gasteiger charge is 2.33. The van der Waals surface area contributed by atoms with Gasteiger partial charge in [0.05, 0.1) is 5.56 Å². The van der Waals surface area contributed by atoms with Crippen molar-refractivity contribution in [3.8, 4) is 11.8 Å². The van der Waals surface area contributed by atoms with Gasteiger partial charge in [-0.05, 0) is 66.0 Å². The summed E-state index contributed by atoms with van der Waals surface area (Å²) in [5, 5.41) is 6.87. The summed E-state index contributed by atoms with van der Waals surface area (Å²) >= 11 is 8.46. The van der Waals surface area contributed by atoms with Gasteiger partial charge in [-0.2, -0.15) is 49.5 Å². The molecule has 0 saturated heterocycles. The molecule has 188 valence electrons. The second kappa shape index (κ2) is 10.8. The van der Waals surface area contributed by atoms with Crippen LogP contribution < -0.4 is 4.74 Å². The molecule has 0 amide bonds. The lowest BCUT2D eigenvalue weighted by molar-refractivity contribution is -0.144. The number of hydrogen-bond donors (Lipinski definition) is 0. The van der Waals surface area contributed by atoms with E-state index in [1.165, 1.54) is 0 Å². The van der Waals surface area contributed by atoms with Crippen molar-refractivity contribution in [2.45, 2.75) is 31.6 Å². The first-order chi connectivity index (χ1) is 15.4. The van der Waals surface area contributed by atoms with Gasteiger partial charge in [-0.15, -0.1) is 10.2 Å². The molecule has 0 saturated carbocycles. The maximum Gasteiger partial charge on any atom is 0.416 e. The van der Waals surface area contributed by atoms with E-state index in [9.17, 15) is 39.5 Å². The summed E-state index contributed by atoms with van der Waals surface area (Å²) in [6.45, 7) is -2.63. The van der Waals surface area contributed by atoms with Crippen LogP contribution in [0.15, 0.2) is 38.5 Å². The van der Waals surface area contributed by atoms with Gasteiger partial charge in [0.2, 0.25) is 9.47 Å². The van der Waals surface area contributed by atoms with Gasteiger partial charge in [0.1, 0.15) is 18.8 Å². The highest BCUT2D eigenvalue weighted by atomic mass is 79.9. The van der Waals surface area contributed by atoms with Gasteiger partial charge in [-0.25, -0.2) is 9.36 Å². The maximum absolute atomic E-state index is 12.6. The normalized spacial score (nSPS) is 12.4. The van der Waals surface area contributed by atoms with Crippen molar-refractivity contribution in [1.82, 2.24) is 29.5 Å². The molecule has 0 spiro atoms. The molecule has 0 N–H and O–H groups in total. The van der Waals surface area contributed by atoms with Gasteiger partial charge in [0.15, 0.2) is 4.73 Å². The number of alkyl halides is 9. The summed E-state index contributed by atoms with van der Waals surface area (Å²) in [5.74, 6) is -0.307. The Morgan fingerprint density at radius 2 is 1.29 bits per heavy atom. The van der Waals surface area contributed by atoms with Crippen LogP contribution in [0.4, 0.5) is 39.5 Å². The Hall–Kier alpha value is -1.89. The van der Waals surface area contributed by atoms with Crippen LogP contribution >= 0.6 is 47.8 Å². The van der Waals surface area contributed by atoms with Crippen molar-refractivity contribution < 1.29 is 44.3 Å². The van der Waals surface area contributed by atoms with Gasteiger partial charge < -0.3 is 4.74 Å². The van der Waals surface area contributed by atoms with E-state index in [2.05, 4.69) is 68.0 Å². The Morgan fingerprint density at radius 3 is 1.79 bits per heavy atom. The number of nitrogens with zero attached hydrogens (tertiary/aromatic N) is 6. The van der Waals surface area contributed by atoms with Gasteiger partial charge in [-0.1, -0.05) is 6.07 Å². The molecule has 0 radical (unpaired) electrons. The topological polar surface area (TPSA) is 70.7 Å². The zero-order chi connectivity index (χ0) is 25.9. The molecule has 0 bridgehead atoms. The number of hydrogen-bond acceptors (Lipinski definition) is 5. The quantitative estimate of drug-likeness (QED) is 0.281. The van der Waals surface area contributed by atoms with E-state index < -0.39 is 43.2 Å². The van der Waals surface area contributed by atoms with Crippen LogP contribution in [0.2, 0.25) is 0 Å². The Morgan fingerprint density at radius 1 is 0.765 bits per heavy atom. The molecule has 2 heterocycles. The highest BCUT2D eigenvalue weighted by molar-refractivity contribution is 9.11. The fourth-order valence-electron chi connectivity index (χ4n) is 2.06. The Bertz CT molecular complexity index is 1110. The van der Waals surface area contributed by atoms with E-state index in [1.807, 2.05) is 0 Å². The van der Waals surface area contributed by atoms with Crippen LogP contribution in [0.1, 0.15) is 5.56 Å². The molecule has 2 aromatic heterocycles. The molecular formula is C15H8Br3F9N6O. The van der Waals surface area contributed by atoms with Gasteiger partial charge in [-0.3, -0.25) is 0 Å². The van der Waals surface area contributed by atoms with Crippen LogP contribution in [0, 0.1) is 0 Å². The smallest absolute Gasteiger partial charge is 0.416 e. The number of aromatic nitrogens is 6. The third-order valence-corrected chi connectivity index (χ3v) is 4.50. The largest absolute Gasteiger partial charge is 0.424 e. The summed E-state index contributed by atoms with van der Waals surface area (Å²) in [7, 11) is 0. The molecule has 34 heavy (non-hydrogen) atoms. The monoisotopic (exact) mass is 696 g/mol. The fourth-order valence-corrected chi connectivity index (χ4v) is 3.37. The van der Waals surface area contributed by atoms with Crippen molar-refractivity contribution in [2.24, 2.45) is 0 Å². The number of ether oxygens (including phenoxy) is 1. The highest BCUT2D eigenvalue weighted by Crippen LogP contribution is 2.33. The van der Waals surface area contributed by atoms with Crippen molar-refractivity contribution >= 4 is 47.8 Å². The van der Waals surface area contributed by atoms with E-state index in [1.54, 1.807) is 0 Å². The lowest BCUT2D eigenvalue weighted by Gasteiger charge is -2.11. The summed E-state index contributed by atoms with van der Waals surface area (Å²) < 4.78 is 116. The minimum absolute atomic E-state index is 0.0479. The van der Waals surface area contributed by atoms with E-state index in [4.69, 9.17) is 4.74 Å². The average Bonchev–Trinajstić information content (AvgIpc) is 3.12. The van der Waals surface area contributed by atoms with E-state index >= 15 is 0 Å². The van der Waals surface area contributed by atoms with Crippen molar-refractivity contribution in [2.75, 3.05) is 0 Å². The van der Waals surface area contributed by atoms with Crippen molar-refractivity contribution in [1.29, 1.82) is 0 Å². The molecule has 0 aliphatic rings. The summed E-state index contributed by atoms with van der Waals surface area (Å²) in [5.41, 5.74) is -0.994. The SMILES string of the molecule is FC(F)(F)Cn1nc(Br)nc1Br.FC(F)(F)Cn1nc(Br)nc1Oc1cccc(C(F)(F)F)c1. The third-order valence-electron chi connectivity index (χ3n) is 3.24. The zero-order valence-electron chi connectivity index (χ0n) is 15.9. The first kappa shape index (κ1) is 28.3. The van der Waals surface area contributed by atoms with Gasteiger partial charge in [0, 0.05) is 0 Å². The zero-order valence-corrected chi connectivity index (χ0v) is 20.6. The van der Waals surface area contributed by atoms with Gasteiger partial charge >= 0.3 is 24.5 Å². The molecule has 1 aromatic carbocycles. The lowest BCUT2D eigenvalue weighted by atomic mass is 10.2. The summed E-state index contributed by atoms with van der Waals surface area (Å²) in [6, 6.07) is 3.11. The molecule has 0 aliphatic carbocycles. The molecule has 0 unspecified atom stereocenters. The Labute approximate surface area is 208 Å². The second-order valence-corrected chi connectivity index (χ2v) is 8.11.